The summed E-state index contributed by atoms with van der Waals surface area (Å²) in [5.41, 5.74) is 28.0. The molecule has 2 saturated carbocycles. The molecule has 14 rings (SSSR count). The summed E-state index contributed by atoms with van der Waals surface area (Å²) < 4.78 is 4.87. The number of hydrogen-bond acceptors (Lipinski definition) is 2. The molecular formula is C101H110N4+2. The standard InChI is InChI=1S/C101H110N4/c1-13-102(96-37-25-17-29-68(96)5)84-51-41-78(42-52-84)100(79-43-53-85(54-44-79)103(14-2)97-38-26-18-30-69(97)6)92-59-49-82(88-33-21-23-35-90(88)92)66-94-72(9)61-76(62-73(94)10)65-77-63-74(11)95(75(12)64-77)67-83-50-60-93(91-36-24-22-34-89(83)91)101(80-45-55-86(56-46-80)104(15-3)98-39-27-19-31-70(98)7)81-47-57-87(58-48-81)105(16-4)99-40-28-20-32-71(99)8/h17-60,72-77,94-95H,13-16,61-67H2,1-12H3/q+2. The van der Waals surface area contributed by atoms with Crippen molar-refractivity contribution in [2.45, 2.75) is 128 Å². The van der Waals surface area contributed by atoms with Crippen LogP contribution in [0, 0.1) is 75.0 Å². The molecule has 10 aromatic carbocycles. The topological polar surface area (TPSA) is 12.5 Å². The van der Waals surface area contributed by atoms with Crippen LogP contribution in [0.4, 0.5) is 34.1 Å². The van der Waals surface area contributed by atoms with Crippen molar-refractivity contribution in [3.8, 4) is 0 Å². The van der Waals surface area contributed by atoms with Gasteiger partial charge >= 0.3 is 0 Å². The molecule has 0 amide bonds. The summed E-state index contributed by atoms with van der Waals surface area (Å²) in [6.45, 7) is 31.8. The first-order chi connectivity index (χ1) is 51.2. The maximum Gasteiger partial charge on any atom is 0.208 e. The molecule has 0 aromatic heterocycles. The van der Waals surface area contributed by atoms with Gasteiger partial charge in [-0.3, -0.25) is 0 Å². The lowest BCUT2D eigenvalue weighted by molar-refractivity contribution is -0.435. The number of nitrogens with zero attached hydrogens (tertiary/aromatic N) is 4. The summed E-state index contributed by atoms with van der Waals surface area (Å²) in [5, 5.41) is 5.45. The molecule has 0 saturated heterocycles. The Bertz CT molecular complexity index is 4700. The maximum absolute atomic E-state index is 2.60. The Labute approximate surface area is 628 Å². The third-order valence-corrected chi connectivity index (χ3v) is 24.6. The molecule has 10 aromatic rings. The molecule has 0 radical (unpaired) electrons. The van der Waals surface area contributed by atoms with Crippen molar-refractivity contribution < 1.29 is 9.15 Å². The Morgan fingerprint density at radius 3 is 1.00 bits per heavy atom. The van der Waals surface area contributed by atoms with Crippen LogP contribution in [0.25, 0.3) is 32.7 Å². The Morgan fingerprint density at radius 1 is 0.343 bits per heavy atom. The van der Waals surface area contributed by atoms with Crippen LogP contribution < -0.4 is 9.80 Å². The minimum atomic E-state index is 0.635. The lowest BCUT2D eigenvalue weighted by atomic mass is 9.61. The highest BCUT2D eigenvalue weighted by molar-refractivity contribution is 6.08. The minimum Gasteiger partial charge on any atom is -0.342 e. The molecule has 4 nitrogen and oxygen atoms in total. The van der Waals surface area contributed by atoms with Crippen molar-refractivity contribution in [1.29, 1.82) is 0 Å². The summed E-state index contributed by atoms with van der Waals surface area (Å²) in [4.78, 5) is 4.87. The molecule has 0 spiro atoms. The van der Waals surface area contributed by atoms with E-state index in [1.807, 2.05) is 0 Å². The number of aryl methyl sites for hydroxylation is 4. The Morgan fingerprint density at radius 2 is 0.667 bits per heavy atom. The zero-order chi connectivity index (χ0) is 72.8. The fraction of sp³-hybridized carbons (Fsp3) is 0.307. The molecule has 0 aliphatic heterocycles. The summed E-state index contributed by atoms with van der Waals surface area (Å²) in [5.74, 6) is 5.45. The van der Waals surface area contributed by atoms with Crippen molar-refractivity contribution in [3.05, 3.63) is 334 Å². The molecule has 4 atom stereocenters. The van der Waals surface area contributed by atoms with Crippen LogP contribution in [0.5, 0.6) is 0 Å². The molecule has 0 bridgehead atoms. The van der Waals surface area contributed by atoms with Crippen molar-refractivity contribution in [1.82, 2.24) is 0 Å². The van der Waals surface area contributed by atoms with Crippen molar-refractivity contribution >= 4 is 78.2 Å². The van der Waals surface area contributed by atoms with Crippen LogP contribution >= 0.6 is 0 Å². The number of fused-ring (bicyclic) bond motifs is 2. The number of para-hydroxylation sites is 4. The lowest BCUT2D eigenvalue weighted by Crippen LogP contribution is -2.35. The number of hydrogen-bond donors (Lipinski definition) is 0. The number of benzene rings is 10. The Kier molecular flexibility index (Phi) is 22.1. The molecule has 4 heteroatoms. The van der Waals surface area contributed by atoms with E-state index in [1.54, 1.807) is 0 Å². The van der Waals surface area contributed by atoms with E-state index in [0.29, 0.717) is 35.5 Å². The number of allylic oxidation sites excluding steroid dienone is 10. The van der Waals surface area contributed by atoms with Gasteiger partial charge in [0.2, 0.25) is 22.8 Å². The average molecular weight is 1380 g/mol. The van der Waals surface area contributed by atoms with Crippen molar-refractivity contribution in [2.24, 2.45) is 47.3 Å². The molecule has 0 heterocycles. The highest BCUT2D eigenvalue weighted by Crippen LogP contribution is 2.49. The van der Waals surface area contributed by atoms with Crippen molar-refractivity contribution in [3.63, 3.8) is 0 Å². The molecule has 532 valence electrons. The lowest BCUT2D eigenvalue weighted by Gasteiger charge is -2.44. The van der Waals surface area contributed by atoms with Gasteiger partial charge in [-0.25, -0.2) is 0 Å². The van der Waals surface area contributed by atoms with E-state index in [0.717, 1.165) is 50.9 Å². The quantitative estimate of drug-likeness (QED) is 0.0705. The first-order valence-electron chi connectivity index (χ1n) is 39.7. The molecule has 4 aliphatic rings. The van der Waals surface area contributed by atoms with Crippen LogP contribution in [-0.2, 0) is 12.8 Å². The minimum absolute atomic E-state index is 0.635. The van der Waals surface area contributed by atoms with Gasteiger partial charge in [0.25, 0.3) is 0 Å². The second kappa shape index (κ2) is 32.2. The summed E-state index contributed by atoms with van der Waals surface area (Å²) in [7, 11) is 0. The highest BCUT2D eigenvalue weighted by Gasteiger charge is 2.39. The molecule has 105 heavy (non-hydrogen) atoms. The smallest absolute Gasteiger partial charge is 0.208 e. The monoisotopic (exact) mass is 1380 g/mol. The van der Waals surface area contributed by atoms with Crippen LogP contribution in [0.15, 0.2) is 278 Å². The molecule has 2 fully saturated rings. The van der Waals surface area contributed by atoms with Crippen LogP contribution in [0.1, 0.15) is 143 Å². The Hall–Kier alpha value is -9.90. The second-order valence-electron chi connectivity index (χ2n) is 31.3. The van der Waals surface area contributed by atoms with Gasteiger partial charge in [0, 0.05) is 83.4 Å². The largest absolute Gasteiger partial charge is 0.342 e. The summed E-state index contributed by atoms with van der Waals surface area (Å²) in [6.07, 6.45) is 27.7. The van der Waals surface area contributed by atoms with Gasteiger partial charge in [0.15, 0.2) is 0 Å². The maximum atomic E-state index is 2.60. The van der Waals surface area contributed by atoms with E-state index in [1.165, 1.54) is 177 Å². The highest BCUT2D eigenvalue weighted by atomic mass is 15.1. The van der Waals surface area contributed by atoms with Crippen LogP contribution in [0.3, 0.4) is 0 Å². The zero-order valence-electron chi connectivity index (χ0n) is 64.6. The SMILES string of the molecule is CCN(c1ccc(C(=C2C=CC(=[N+](CC)c3ccccc3C)C=C2)c2ccc(CC3C(C)CC(CC4CC(C)C(Cc5ccc(C(=C6C=CC(=[N+](CC)c7ccccc7C)C=C6)c6ccc(N(CC)c7ccccc7C)cc6)c6ccccc56)C(C)C4)CC3C)c3ccccc23)cc1)c1ccccc1C. The summed E-state index contributed by atoms with van der Waals surface area (Å²) in [6, 6.07) is 82.4. The third-order valence-electron chi connectivity index (χ3n) is 24.6. The second-order valence-corrected chi connectivity index (χ2v) is 31.3. The van der Waals surface area contributed by atoms with E-state index in [4.69, 9.17) is 0 Å². The first kappa shape index (κ1) is 72.1. The van der Waals surface area contributed by atoms with E-state index in [9.17, 15) is 0 Å². The third kappa shape index (κ3) is 15.1. The molecular weight excluding hydrogens is 1270 g/mol. The predicted molar refractivity (Wildman–Crippen MR) is 452 cm³/mol. The predicted octanol–water partition coefficient (Wildman–Crippen LogP) is 25.8. The fourth-order valence-electron chi connectivity index (χ4n) is 19.4. The van der Waals surface area contributed by atoms with E-state index in [2.05, 4.69) is 369 Å². The molecule has 4 aliphatic carbocycles. The normalized spacial score (nSPS) is 20.1. The van der Waals surface area contributed by atoms with Crippen molar-refractivity contribution in [2.75, 3.05) is 36.0 Å². The van der Waals surface area contributed by atoms with Gasteiger partial charge in [-0.15, -0.1) is 0 Å². The summed E-state index contributed by atoms with van der Waals surface area (Å²) >= 11 is 0. The van der Waals surface area contributed by atoms with E-state index >= 15 is 0 Å². The first-order valence-corrected chi connectivity index (χ1v) is 39.7. The molecule has 0 N–H and O–H groups in total. The van der Waals surface area contributed by atoms with E-state index < -0.39 is 0 Å². The van der Waals surface area contributed by atoms with E-state index in [-0.39, 0.29) is 0 Å². The van der Waals surface area contributed by atoms with Gasteiger partial charge in [-0.2, -0.15) is 9.15 Å². The van der Waals surface area contributed by atoms with Gasteiger partial charge in [0.1, 0.15) is 13.1 Å². The molecule has 4 unspecified atom stereocenters. The zero-order valence-corrected chi connectivity index (χ0v) is 64.6. The van der Waals surface area contributed by atoms with Gasteiger partial charge in [0.05, 0.1) is 0 Å². The van der Waals surface area contributed by atoms with Gasteiger partial charge < -0.3 is 9.80 Å². The van der Waals surface area contributed by atoms with Gasteiger partial charge in [-0.1, -0.05) is 198 Å². The Balaban J connectivity index is 0.690. The average Bonchev–Trinajstić information content (AvgIpc) is 0.764. The van der Waals surface area contributed by atoms with Crippen LogP contribution in [-0.4, -0.2) is 46.8 Å². The fourth-order valence-corrected chi connectivity index (χ4v) is 19.4. The van der Waals surface area contributed by atoms with Crippen LogP contribution in [0.2, 0.25) is 0 Å². The van der Waals surface area contributed by atoms with Gasteiger partial charge in [-0.05, 0) is 297 Å². The number of anilines is 4. The number of rotatable bonds is 20.